The van der Waals surface area contributed by atoms with E-state index in [1.807, 2.05) is 36.2 Å². The zero-order valence-electron chi connectivity index (χ0n) is 13.0. The molecule has 120 valence electrons. The number of carbonyl (C=O) groups excluding carboxylic acids is 2. The van der Waals surface area contributed by atoms with Crippen LogP contribution in [0.4, 0.5) is 4.79 Å². The van der Waals surface area contributed by atoms with Gasteiger partial charge in [0.05, 0.1) is 6.04 Å². The van der Waals surface area contributed by atoms with Gasteiger partial charge in [-0.3, -0.25) is 4.79 Å². The summed E-state index contributed by atoms with van der Waals surface area (Å²) >= 11 is 0. The van der Waals surface area contributed by atoms with Crippen molar-refractivity contribution in [1.29, 1.82) is 0 Å². The number of nitrogens with two attached hydrogens (primary N) is 1. The molecular formula is C17H20N4O2. The molecule has 1 atom stereocenters. The number of rotatable bonds is 3. The van der Waals surface area contributed by atoms with Crippen molar-refractivity contribution in [1.82, 2.24) is 14.8 Å². The van der Waals surface area contributed by atoms with Crippen molar-refractivity contribution in [3.8, 4) is 0 Å². The van der Waals surface area contributed by atoms with Crippen LogP contribution in [0.2, 0.25) is 0 Å². The molecule has 3 amide bonds. The minimum Gasteiger partial charge on any atom is -0.352 e. The first kappa shape index (κ1) is 15.1. The van der Waals surface area contributed by atoms with Crippen molar-refractivity contribution >= 4 is 11.9 Å². The molecule has 0 spiro atoms. The molecule has 1 aromatic carbocycles. The van der Waals surface area contributed by atoms with Gasteiger partial charge >= 0.3 is 6.03 Å². The number of carbonyl (C=O) groups is 2. The summed E-state index contributed by atoms with van der Waals surface area (Å²) in [5.41, 5.74) is 7.76. The van der Waals surface area contributed by atoms with Gasteiger partial charge in [0.1, 0.15) is 0 Å². The summed E-state index contributed by atoms with van der Waals surface area (Å²) in [7, 11) is 0. The minimum absolute atomic E-state index is 0.0272. The van der Waals surface area contributed by atoms with E-state index in [4.69, 9.17) is 5.73 Å². The fraction of sp³-hybridized carbons (Fsp3) is 0.294. The number of fused-ring (bicyclic) bond motifs is 1. The van der Waals surface area contributed by atoms with Gasteiger partial charge in [-0.25, -0.2) is 4.79 Å². The number of nitrogens with one attached hydrogen (secondary N) is 1. The normalized spacial score (nSPS) is 16.7. The Morgan fingerprint density at radius 2 is 1.96 bits per heavy atom. The van der Waals surface area contributed by atoms with Crippen LogP contribution >= 0.6 is 0 Å². The zero-order valence-corrected chi connectivity index (χ0v) is 13.0. The lowest BCUT2D eigenvalue weighted by atomic mass is 10.1. The Balaban J connectivity index is 1.72. The van der Waals surface area contributed by atoms with Crippen LogP contribution in [0, 0.1) is 0 Å². The average Bonchev–Trinajstić information content (AvgIpc) is 3.03. The molecule has 1 aromatic heterocycles. The molecule has 0 fully saturated rings. The summed E-state index contributed by atoms with van der Waals surface area (Å²) in [6, 6.07) is 10.8. The Morgan fingerprint density at radius 1 is 1.22 bits per heavy atom. The lowest BCUT2D eigenvalue weighted by Gasteiger charge is -2.35. The molecule has 23 heavy (non-hydrogen) atoms. The van der Waals surface area contributed by atoms with Gasteiger partial charge in [0.25, 0.3) is 5.91 Å². The molecule has 1 aliphatic rings. The average molecular weight is 312 g/mol. The van der Waals surface area contributed by atoms with E-state index in [2.05, 4.69) is 16.0 Å². The van der Waals surface area contributed by atoms with E-state index >= 15 is 0 Å². The molecule has 0 radical (unpaired) electrons. The highest BCUT2D eigenvalue weighted by molar-refractivity contribution is 5.94. The number of benzene rings is 1. The van der Waals surface area contributed by atoms with Gasteiger partial charge in [0.15, 0.2) is 0 Å². The third-order valence-corrected chi connectivity index (χ3v) is 4.27. The largest absolute Gasteiger partial charge is 0.352 e. The lowest BCUT2D eigenvalue weighted by Crippen LogP contribution is -2.40. The molecule has 0 bridgehead atoms. The Kier molecular flexibility index (Phi) is 4.06. The SMILES string of the molecule is C[C@H]1c2cccn2CCN1C(=O)c1ccc(CNC(N)=O)cc1. The predicted molar refractivity (Wildman–Crippen MR) is 86.7 cm³/mol. The lowest BCUT2D eigenvalue weighted by molar-refractivity contribution is 0.0644. The molecule has 0 unspecified atom stereocenters. The molecule has 0 saturated carbocycles. The molecule has 3 rings (SSSR count). The van der Waals surface area contributed by atoms with E-state index < -0.39 is 6.03 Å². The molecule has 1 aliphatic heterocycles. The number of primary amides is 1. The fourth-order valence-corrected chi connectivity index (χ4v) is 2.98. The summed E-state index contributed by atoms with van der Waals surface area (Å²) < 4.78 is 2.19. The van der Waals surface area contributed by atoms with Crippen LogP contribution in [0.5, 0.6) is 0 Å². The number of hydrogen-bond donors (Lipinski definition) is 2. The van der Waals surface area contributed by atoms with E-state index in [0.717, 1.165) is 17.8 Å². The van der Waals surface area contributed by atoms with Crippen LogP contribution in [0.15, 0.2) is 42.6 Å². The van der Waals surface area contributed by atoms with Crippen LogP contribution in [0.25, 0.3) is 0 Å². The molecule has 0 aliphatic carbocycles. The molecular weight excluding hydrogens is 292 g/mol. The maximum absolute atomic E-state index is 12.7. The first-order chi connectivity index (χ1) is 11.1. The second-order valence-corrected chi connectivity index (χ2v) is 5.72. The van der Waals surface area contributed by atoms with E-state index in [1.165, 1.54) is 0 Å². The number of aromatic nitrogens is 1. The molecule has 2 heterocycles. The van der Waals surface area contributed by atoms with Crippen molar-refractivity contribution in [3.63, 3.8) is 0 Å². The van der Waals surface area contributed by atoms with Gasteiger partial charge < -0.3 is 20.5 Å². The third-order valence-electron chi connectivity index (χ3n) is 4.27. The standard InChI is InChI=1S/C17H20N4O2/c1-12-15-3-2-8-20(15)9-10-21(12)16(22)14-6-4-13(5-7-14)11-19-17(18)23/h2-8,12H,9-11H2,1H3,(H3,18,19,23)/t12-/m0/s1. The quantitative estimate of drug-likeness (QED) is 0.907. The van der Waals surface area contributed by atoms with E-state index in [9.17, 15) is 9.59 Å². The zero-order chi connectivity index (χ0) is 16.4. The summed E-state index contributed by atoms with van der Waals surface area (Å²) in [4.78, 5) is 25.4. The maximum Gasteiger partial charge on any atom is 0.312 e. The first-order valence-corrected chi connectivity index (χ1v) is 7.64. The second kappa shape index (κ2) is 6.16. The second-order valence-electron chi connectivity index (χ2n) is 5.72. The highest BCUT2D eigenvalue weighted by Crippen LogP contribution is 2.26. The topological polar surface area (TPSA) is 80.4 Å². The summed E-state index contributed by atoms with van der Waals surface area (Å²) in [6.45, 7) is 3.93. The van der Waals surface area contributed by atoms with Crippen LogP contribution in [-0.4, -0.2) is 28.0 Å². The van der Waals surface area contributed by atoms with Crippen molar-refractivity contribution in [2.75, 3.05) is 6.54 Å². The Morgan fingerprint density at radius 3 is 2.65 bits per heavy atom. The van der Waals surface area contributed by atoms with Gasteiger partial charge in [0, 0.05) is 37.1 Å². The molecule has 6 nitrogen and oxygen atoms in total. The van der Waals surface area contributed by atoms with E-state index in [0.29, 0.717) is 18.7 Å². The Labute approximate surface area is 134 Å². The van der Waals surface area contributed by atoms with Crippen molar-refractivity contribution in [3.05, 3.63) is 59.4 Å². The van der Waals surface area contributed by atoms with Gasteiger partial charge in [-0.15, -0.1) is 0 Å². The maximum atomic E-state index is 12.7. The number of amides is 3. The number of hydrogen-bond acceptors (Lipinski definition) is 2. The highest BCUT2D eigenvalue weighted by Gasteiger charge is 2.27. The van der Waals surface area contributed by atoms with E-state index in [-0.39, 0.29) is 11.9 Å². The van der Waals surface area contributed by atoms with Gasteiger partial charge in [-0.05, 0) is 36.8 Å². The van der Waals surface area contributed by atoms with Crippen LogP contribution in [0.3, 0.4) is 0 Å². The van der Waals surface area contributed by atoms with Gasteiger partial charge in [-0.2, -0.15) is 0 Å². The molecule has 0 saturated heterocycles. The van der Waals surface area contributed by atoms with E-state index in [1.54, 1.807) is 12.1 Å². The smallest absolute Gasteiger partial charge is 0.312 e. The highest BCUT2D eigenvalue weighted by atomic mass is 16.2. The third kappa shape index (κ3) is 3.06. The minimum atomic E-state index is -0.560. The Hall–Kier alpha value is -2.76. The van der Waals surface area contributed by atoms with Crippen LogP contribution < -0.4 is 11.1 Å². The van der Waals surface area contributed by atoms with Crippen molar-refractivity contribution < 1.29 is 9.59 Å². The van der Waals surface area contributed by atoms with Crippen molar-refractivity contribution in [2.45, 2.75) is 26.1 Å². The summed E-state index contributed by atoms with van der Waals surface area (Å²) in [6.07, 6.45) is 2.05. The van der Waals surface area contributed by atoms with Crippen LogP contribution in [-0.2, 0) is 13.1 Å². The van der Waals surface area contributed by atoms with Crippen LogP contribution in [0.1, 0.15) is 34.6 Å². The number of nitrogens with zero attached hydrogens (tertiary/aromatic N) is 2. The van der Waals surface area contributed by atoms with Gasteiger partial charge in [0.2, 0.25) is 0 Å². The van der Waals surface area contributed by atoms with Gasteiger partial charge in [-0.1, -0.05) is 12.1 Å². The fourth-order valence-electron chi connectivity index (χ4n) is 2.98. The summed E-state index contributed by atoms with van der Waals surface area (Å²) in [5, 5.41) is 2.53. The monoisotopic (exact) mass is 312 g/mol. The first-order valence-electron chi connectivity index (χ1n) is 7.64. The van der Waals surface area contributed by atoms with Crippen molar-refractivity contribution in [2.24, 2.45) is 5.73 Å². The Bertz CT molecular complexity index is 720. The number of urea groups is 1. The predicted octanol–water partition coefficient (Wildman–Crippen LogP) is 1.87. The summed E-state index contributed by atoms with van der Waals surface area (Å²) in [5.74, 6) is 0.0272. The molecule has 6 heteroatoms. The molecule has 2 aromatic rings. The molecule has 3 N–H and O–H groups in total.